The SMILES string of the molecule is Cc1cc(-n2[nH]c(C3CC3)cc2=S)nc(C)n1. The molecule has 1 N–H and O–H groups in total. The smallest absolute Gasteiger partial charge is 0.156 e. The lowest BCUT2D eigenvalue weighted by atomic mass is 10.3. The topological polar surface area (TPSA) is 46.5 Å². The summed E-state index contributed by atoms with van der Waals surface area (Å²) in [5, 5.41) is 3.34. The Hall–Kier alpha value is -1.49. The van der Waals surface area contributed by atoms with E-state index < -0.39 is 0 Å². The third-order valence-corrected chi connectivity index (χ3v) is 3.24. The number of aromatic nitrogens is 4. The van der Waals surface area contributed by atoms with Gasteiger partial charge < -0.3 is 0 Å². The van der Waals surface area contributed by atoms with E-state index in [1.54, 1.807) is 0 Å². The Balaban J connectivity index is 2.10. The maximum Gasteiger partial charge on any atom is 0.156 e. The molecule has 0 aliphatic heterocycles. The molecule has 17 heavy (non-hydrogen) atoms. The highest BCUT2D eigenvalue weighted by atomic mass is 32.1. The van der Waals surface area contributed by atoms with Crippen LogP contribution in [0.2, 0.25) is 0 Å². The van der Waals surface area contributed by atoms with E-state index in [0.717, 1.165) is 22.0 Å². The average molecular weight is 246 g/mol. The summed E-state index contributed by atoms with van der Waals surface area (Å²) < 4.78 is 2.65. The lowest BCUT2D eigenvalue weighted by Crippen LogP contribution is -2.03. The van der Waals surface area contributed by atoms with Crippen molar-refractivity contribution in [1.82, 2.24) is 19.7 Å². The zero-order valence-electron chi connectivity index (χ0n) is 9.90. The normalized spacial score (nSPS) is 15.2. The first-order chi connectivity index (χ1) is 8.13. The molecule has 88 valence electrons. The molecule has 2 aromatic rings. The highest BCUT2D eigenvalue weighted by Gasteiger charge is 2.25. The van der Waals surface area contributed by atoms with Crippen molar-refractivity contribution in [2.24, 2.45) is 0 Å². The Kier molecular flexibility index (Phi) is 2.36. The van der Waals surface area contributed by atoms with Crippen LogP contribution in [0.4, 0.5) is 0 Å². The molecule has 0 bridgehead atoms. The van der Waals surface area contributed by atoms with E-state index in [-0.39, 0.29) is 0 Å². The molecule has 3 rings (SSSR count). The Morgan fingerprint density at radius 3 is 2.71 bits per heavy atom. The lowest BCUT2D eigenvalue weighted by molar-refractivity contribution is 0.789. The van der Waals surface area contributed by atoms with Gasteiger partial charge in [-0.3, -0.25) is 5.10 Å². The highest BCUT2D eigenvalue weighted by molar-refractivity contribution is 7.71. The first-order valence-corrected chi connectivity index (χ1v) is 6.19. The van der Waals surface area contributed by atoms with Crippen LogP contribution < -0.4 is 0 Å². The number of nitrogens with one attached hydrogen (secondary N) is 1. The zero-order chi connectivity index (χ0) is 12.0. The van der Waals surface area contributed by atoms with Gasteiger partial charge in [-0.1, -0.05) is 12.2 Å². The van der Waals surface area contributed by atoms with Gasteiger partial charge in [0, 0.05) is 23.4 Å². The number of hydrogen-bond donors (Lipinski definition) is 1. The quantitative estimate of drug-likeness (QED) is 0.829. The van der Waals surface area contributed by atoms with E-state index in [1.807, 2.05) is 30.7 Å². The van der Waals surface area contributed by atoms with Crippen LogP contribution in [0, 0.1) is 18.5 Å². The Bertz CT molecular complexity index is 601. The molecule has 0 unspecified atom stereocenters. The van der Waals surface area contributed by atoms with Gasteiger partial charge >= 0.3 is 0 Å². The number of rotatable bonds is 2. The van der Waals surface area contributed by atoms with Gasteiger partial charge in [0.15, 0.2) is 5.82 Å². The van der Waals surface area contributed by atoms with Crippen LogP contribution in [-0.4, -0.2) is 19.7 Å². The van der Waals surface area contributed by atoms with Crippen LogP contribution in [0.15, 0.2) is 12.1 Å². The summed E-state index contributed by atoms with van der Waals surface area (Å²) in [6.45, 7) is 3.86. The molecular weight excluding hydrogens is 232 g/mol. The van der Waals surface area contributed by atoms with Crippen molar-refractivity contribution in [3.8, 4) is 5.82 Å². The fourth-order valence-corrected chi connectivity index (χ4v) is 2.27. The lowest BCUT2D eigenvalue weighted by Gasteiger charge is -2.04. The third kappa shape index (κ3) is 2.02. The van der Waals surface area contributed by atoms with Crippen molar-refractivity contribution < 1.29 is 0 Å². The highest BCUT2D eigenvalue weighted by Crippen LogP contribution is 2.39. The van der Waals surface area contributed by atoms with Gasteiger partial charge in [0.1, 0.15) is 10.5 Å². The molecule has 4 nitrogen and oxygen atoms in total. The molecule has 0 atom stereocenters. The summed E-state index contributed by atoms with van der Waals surface area (Å²) in [7, 11) is 0. The number of aryl methyl sites for hydroxylation is 2. The Morgan fingerprint density at radius 1 is 1.29 bits per heavy atom. The second-order valence-corrected chi connectivity index (χ2v) is 4.99. The predicted octanol–water partition coefficient (Wildman–Crippen LogP) is 2.82. The van der Waals surface area contributed by atoms with E-state index in [0.29, 0.717) is 5.92 Å². The van der Waals surface area contributed by atoms with E-state index in [1.165, 1.54) is 18.5 Å². The van der Waals surface area contributed by atoms with Crippen LogP contribution in [0.1, 0.15) is 36.0 Å². The van der Waals surface area contributed by atoms with Crippen LogP contribution in [0.3, 0.4) is 0 Å². The molecule has 5 heteroatoms. The van der Waals surface area contributed by atoms with Crippen LogP contribution >= 0.6 is 12.2 Å². The van der Waals surface area contributed by atoms with Crippen molar-refractivity contribution in [3.63, 3.8) is 0 Å². The van der Waals surface area contributed by atoms with Gasteiger partial charge in [-0.25, -0.2) is 14.6 Å². The minimum atomic E-state index is 0.669. The third-order valence-electron chi connectivity index (χ3n) is 2.94. The largest absolute Gasteiger partial charge is 0.295 e. The molecular formula is C12H14N4S. The van der Waals surface area contributed by atoms with Crippen LogP contribution in [0.5, 0.6) is 0 Å². The van der Waals surface area contributed by atoms with Gasteiger partial charge in [-0.15, -0.1) is 0 Å². The summed E-state index contributed by atoms with van der Waals surface area (Å²) >= 11 is 5.36. The second-order valence-electron chi connectivity index (χ2n) is 4.57. The standard InChI is InChI=1S/C12H14N4S/c1-7-5-11(14-8(2)13-7)16-12(17)6-10(15-16)9-3-4-9/h5-6,9,15H,3-4H2,1-2H3. The van der Waals surface area contributed by atoms with Crippen molar-refractivity contribution >= 4 is 12.2 Å². The molecule has 0 spiro atoms. The number of H-pyrrole nitrogens is 1. The van der Waals surface area contributed by atoms with Gasteiger partial charge in [0.2, 0.25) is 0 Å². The van der Waals surface area contributed by atoms with Crippen molar-refractivity contribution in [2.45, 2.75) is 32.6 Å². The maximum atomic E-state index is 5.36. The summed E-state index contributed by atoms with van der Waals surface area (Å²) in [5.41, 5.74) is 2.18. The van der Waals surface area contributed by atoms with Crippen molar-refractivity contribution in [2.75, 3.05) is 0 Å². The molecule has 0 saturated heterocycles. The molecule has 1 aliphatic carbocycles. The Morgan fingerprint density at radius 2 is 2.06 bits per heavy atom. The van der Waals surface area contributed by atoms with E-state index >= 15 is 0 Å². The fourth-order valence-electron chi connectivity index (χ4n) is 2.00. The van der Waals surface area contributed by atoms with E-state index in [2.05, 4.69) is 15.1 Å². The predicted molar refractivity (Wildman–Crippen MR) is 68.0 cm³/mol. The summed E-state index contributed by atoms with van der Waals surface area (Å²) in [6, 6.07) is 3.98. The van der Waals surface area contributed by atoms with Gasteiger partial charge in [0.05, 0.1) is 0 Å². The molecule has 0 aromatic carbocycles. The average Bonchev–Trinajstić information content (AvgIpc) is 3.01. The molecule has 2 aromatic heterocycles. The molecule has 1 saturated carbocycles. The van der Waals surface area contributed by atoms with E-state index in [4.69, 9.17) is 12.2 Å². The molecule has 0 radical (unpaired) electrons. The van der Waals surface area contributed by atoms with Crippen LogP contribution in [-0.2, 0) is 0 Å². The summed E-state index contributed by atoms with van der Waals surface area (Å²) in [4.78, 5) is 8.68. The van der Waals surface area contributed by atoms with Gasteiger partial charge in [-0.2, -0.15) is 0 Å². The fraction of sp³-hybridized carbons (Fsp3) is 0.417. The monoisotopic (exact) mass is 246 g/mol. The maximum absolute atomic E-state index is 5.36. The second kappa shape index (κ2) is 3.77. The molecule has 1 fully saturated rings. The number of aromatic amines is 1. The number of hydrogen-bond acceptors (Lipinski definition) is 3. The van der Waals surface area contributed by atoms with E-state index in [9.17, 15) is 0 Å². The first-order valence-electron chi connectivity index (χ1n) is 5.78. The van der Waals surface area contributed by atoms with Gasteiger partial charge in [0.25, 0.3) is 0 Å². The van der Waals surface area contributed by atoms with Crippen molar-refractivity contribution in [1.29, 1.82) is 0 Å². The number of nitrogens with zero attached hydrogens (tertiary/aromatic N) is 3. The summed E-state index contributed by atoms with van der Waals surface area (Å²) in [5.74, 6) is 2.26. The Labute approximate surface area is 105 Å². The van der Waals surface area contributed by atoms with Crippen LogP contribution in [0.25, 0.3) is 5.82 Å². The van der Waals surface area contributed by atoms with Gasteiger partial charge in [-0.05, 0) is 32.8 Å². The molecule has 1 aliphatic rings. The minimum Gasteiger partial charge on any atom is -0.295 e. The summed E-state index contributed by atoms with van der Waals surface area (Å²) in [6.07, 6.45) is 2.52. The zero-order valence-corrected chi connectivity index (χ0v) is 10.7. The van der Waals surface area contributed by atoms with Crippen molar-refractivity contribution in [3.05, 3.63) is 34.0 Å². The molecule has 0 amide bonds. The molecule has 2 heterocycles. The minimum absolute atomic E-state index is 0.669. The first kappa shape index (κ1) is 10.7.